The second kappa shape index (κ2) is 5.69. The molecule has 90 valence electrons. The summed E-state index contributed by atoms with van der Waals surface area (Å²) in [4.78, 5) is 26.6. The van der Waals surface area contributed by atoms with E-state index in [-0.39, 0.29) is 17.4 Å². The number of rotatable bonds is 3. The fourth-order valence-corrected chi connectivity index (χ4v) is 0.992. The van der Waals surface area contributed by atoms with E-state index < -0.39 is 5.91 Å². The minimum Gasteiger partial charge on any atom is -0.390 e. The fourth-order valence-electron chi connectivity index (χ4n) is 0.992. The van der Waals surface area contributed by atoms with Gasteiger partial charge in [0.15, 0.2) is 0 Å². The van der Waals surface area contributed by atoms with Gasteiger partial charge in [0.05, 0.1) is 11.9 Å². The van der Waals surface area contributed by atoms with Gasteiger partial charge in [0.1, 0.15) is 5.84 Å². The fraction of sp³-hybridized carbons (Fsp3) is 0.300. The number of aromatic nitrogens is 2. The van der Waals surface area contributed by atoms with Crippen molar-refractivity contribution in [1.82, 2.24) is 9.97 Å². The second-order valence-electron chi connectivity index (χ2n) is 3.54. The largest absolute Gasteiger partial charge is 0.390 e. The van der Waals surface area contributed by atoms with E-state index in [2.05, 4.69) is 20.0 Å². The molecule has 1 heterocycles. The van der Waals surface area contributed by atoms with E-state index >= 15 is 0 Å². The molecule has 1 aromatic heterocycles. The minimum absolute atomic E-state index is 0.0919. The molecule has 4 N–H and O–H groups in total. The van der Waals surface area contributed by atoms with E-state index in [9.17, 15) is 4.79 Å². The van der Waals surface area contributed by atoms with Crippen molar-refractivity contribution in [1.29, 1.82) is 0 Å². The summed E-state index contributed by atoms with van der Waals surface area (Å²) in [6.45, 7) is 3.84. The summed E-state index contributed by atoms with van der Waals surface area (Å²) in [5.41, 5.74) is 10.5. The smallest absolute Gasteiger partial charge is 0.251 e. The first-order valence-electron chi connectivity index (χ1n) is 4.99. The Hall–Kier alpha value is -2.31. The van der Waals surface area contributed by atoms with E-state index in [1.54, 1.807) is 0 Å². The molecule has 7 heteroatoms. The third-order valence-corrected chi connectivity index (χ3v) is 1.86. The molecule has 7 nitrogen and oxygen atoms in total. The first-order chi connectivity index (χ1) is 8.04. The third kappa shape index (κ3) is 3.63. The van der Waals surface area contributed by atoms with E-state index in [1.165, 1.54) is 12.4 Å². The summed E-state index contributed by atoms with van der Waals surface area (Å²) in [6.07, 6.45) is 3.80. The first-order valence-corrected chi connectivity index (χ1v) is 4.99. The van der Waals surface area contributed by atoms with Crippen LogP contribution in [0.15, 0.2) is 22.4 Å². The Kier molecular flexibility index (Phi) is 4.27. The maximum Gasteiger partial charge on any atom is 0.251 e. The van der Waals surface area contributed by atoms with Gasteiger partial charge in [-0.05, 0) is 0 Å². The average molecular weight is 234 g/mol. The second-order valence-corrected chi connectivity index (χ2v) is 3.54. The molecule has 0 saturated carbocycles. The standard InChI is InChI=1S/C10H14N6O/c1-6(2)9(15-5-11)16-10-13-3-7(4-14-10)8(12)17/h3-6H,1-2H3,(H2,12,17)(H2,11,13,14,15,16). The monoisotopic (exact) mass is 234 g/mol. The van der Waals surface area contributed by atoms with Crippen LogP contribution >= 0.6 is 0 Å². The molecule has 0 saturated heterocycles. The SMILES string of the molecule is CC(C)/C(N=CN)=N\c1ncc(C(N)=O)cn1. The number of amides is 1. The van der Waals surface area contributed by atoms with Crippen molar-refractivity contribution in [2.75, 3.05) is 0 Å². The van der Waals surface area contributed by atoms with Crippen LogP contribution in [0.2, 0.25) is 0 Å². The summed E-state index contributed by atoms with van der Waals surface area (Å²) in [7, 11) is 0. The maximum absolute atomic E-state index is 10.8. The van der Waals surface area contributed by atoms with Gasteiger partial charge < -0.3 is 11.5 Å². The van der Waals surface area contributed by atoms with E-state index in [0.29, 0.717) is 5.84 Å². The molecule has 0 bridgehead atoms. The van der Waals surface area contributed by atoms with Crippen LogP contribution in [-0.2, 0) is 0 Å². The number of carbonyl (C=O) groups excluding carboxylic acids is 1. The van der Waals surface area contributed by atoms with Crippen molar-refractivity contribution in [3.63, 3.8) is 0 Å². The van der Waals surface area contributed by atoms with Crippen LogP contribution in [0, 0.1) is 5.92 Å². The molecule has 17 heavy (non-hydrogen) atoms. The zero-order chi connectivity index (χ0) is 12.8. The lowest BCUT2D eigenvalue weighted by molar-refractivity contribution is 0.0999. The summed E-state index contributed by atoms with van der Waals surface area (Å²) in [5, 5.41) is 0. The molecule has 0 atom stereocenters. The zero-order valence-corrected chi connectivity index (χ0v) is 9.66. The molecule has 0 fully saturated rings. The Morgan fingerprint density at radius 3 is 2.41 bits per heavy atom. The molecular formula is C10H14N6O. The zero-order valence-electron chi connectivity index (χ0n) is 9.66. The molecule has 0 radical (unpaired) electrons. The van der Waals surface area contributed by atoms with Gasteiger partial charge in [-0.15, -0.1) is 0 Å². The van der Waals surface area contributed by atoms with Crippen LogP contribution in [0.3, 0.4) is 0 Å². The van der Waals surface area contributed by atoms with Gasteiger partial charge in [0.25, 0.3) is 11.9 Å². The molecule has 1 aromatic rings. The highest BCUT2D eigenvalue weighted by Gasteiger charge is 2.05. The highest BCUT2D eigenvalue weighted by atomic mass is 16.1. The van der Waals surface area contributed by atoms with Crippen LogP contribution < -0.4 is 11.5 Å². The maximum atomic E-state index is 10.8. The van der Waals surface area contributed by atoms with Gasteiger partial charge in [-0.1, -0.05) is 13.8 Å². The number of hydrogen-bond acceptors (Lipinski definition) is 4. The number of carbonyl (C=O) groups is 1. The molecule has 0 spiro atoms. The predicted molar refractivity (Wildman–Crippen MR) is 65.2 cm³/mol. The van der Waals surface area contributed by atoms with Gasteiger partial charge in [-0.3, -0.25) is 4.79 Å². The molecular weight excluding hydrogens is 220 g/mol. The lowest BCUT2D eigenvalue weighted by atomic mass is 10.2. The Morgan fingerprint density at radius 2 is 2.00 bits per heavy atom. The first kappa shape index (κ1) is 12.8. The van der Waals surface area contributed by atoms with Crippen LogP contribution in [0.4, 0.5) is 5.95 Å². The quantitative estimate of drug-likeness (QED) is 0.575. The van der Waals surface area contributed by atoms with Gasteiger partial charge >= 0.3 is 0 Å². The number of amidine groups is 1. The van der Waals surface area contributed by atoms with Crippen molar-refractivity contribution >= 4 is 24.0 Å². The van der Waals surface area contributed by atoms with Crippen LogP contribution in [-0.4, -0.2) is 28.0 Å². The van der Waals surface area contributed by atoms with Gasteiger partial charge in [0.2, 0.25) is 0 Å². The van der Waals surface area contributed by atoms with Gasteiger partial charge in [-0.25, -0.2) is 15.0 Å². The van der Waals surface area contributed by atoms with E-state index in [4.69, 9.17) is 11.5 Å². The lowest BCUT2D eigenvalue weighted by Crippen LogP contribution is -2.11. The lowest BCUT2D eigenvalue weighted by Gasteiger charge is -2.03. The molecule has 1 rings (SSSR count). The topological polar surface area (TPSA) is 120 Å². The number of nitrogens with zero attached hydrogens (tertiary/aromatic N) is 4. The summed E-state index contributed by atoms with van der Waals surface area (Å²) in [6, 6.07) is 0. The Balaban J connectivity index is 3.00. The average Bonchev–Trinajstić information content (AvgIpc) is 2.29. The minimum atomic E-state index is -0.579. The predicted octanol–water partition coefficient (Wildman–Crippen LogP) is 0.248. The van der Waals surface area contributed by atoms with Crippen molar-refractivity contribution in [3.8, 4) is 0 Å². The van der Waals surface area contributed by atoms with Gasteiger partial charge in [-0.2, -0.15) is 4.99 Å². The number of primary amides is 1. The number of aliphatic imine (C=N–C) groups is 2. The Bertz CT molecular complexity index is 448. The molecule has 1 amide bonds. The molecule has 0 aliphatic rings. The normalized spacial score (nSPS) is 12.3. The molecule has 0 aliphatic carbocycles. The van der Waals surface area contributed by atoms with Crippen molar-refractivity contribution in [2.45, 2.75) is 13.8 Å². The summed E-state index contributed by atoms with van der Waals surface area (Å²) >= 11 is 0. The Morgan fingerprint density at radius 1 is 1.41 bits per heavy atom. The van der Waals surface area contributed by atoms with Crippen LogP contribution in [0.5, 0.6) is 0 Å². The van der Waals surface area contributed by atoms with Crippen molar-refractivity contribution < 1.29 is 4.79 Å². The molecule has 0 unspecified atom stereocenters. The van der Waals surface area contributed by atoms with Crippen LogP contribution in [0.25, 0.3) is 0 Å². The third-order valence-electron chi connectivity index (χ3n) is 1.86. The highest BCUT2D eigenvalue weighted by molar-refractivity contribution is 5.93. The van der Waals surface area contributed by atoms with Crippen molar-refractivity contribution in [3.05, 3.63) is 18.0 Å². The van der Waals surface area contributed by atoms with Gasteiger partial charge in [0, 0.05) is 18.3 Å². The Labute approximate surface area is 98.7 Å². The molecule has 0 aromatic carbocycles. The summed E-state index contributed by atoms with van der Waals surface area (Å²) < 4.78 is 0. The van der Waals surface area contributed by atoms with Crippen molar-refractivity contribution in [2.24, 2.45) is 27.4 Å². The van der Waals surface area contributed by atoms with E-state index in [1.807, 2.05) is 13.8 Å². The molecule has 0 aliphatic heterocycles. The highest BCUT2D eigenvalue weighted by Crippen LogP contribution is 2.08. The number of nitrogens with two attached hydrogens (primary N) is 2. The number of hydrogen-bond donors (Lipinski definition) is 2. The van der Waals surface area contributed by atoms with Crippen LogP contribution in [0.1, 0.15) is 24.2 Å². The van der Waals surface area contributed by atoms with E-state index in [0.717, 1.165) is 6.34 Å². The summed E-state index contributed by atoms with van der Waals surface area (Å²) in [5.74, 6) is 0.238.